The molecule has 0 amide bonds. The molecule has 0 aliphatic carbocycles. The van der Waals surface area contributed by atoms with Gasteiger partial charge in [0.1, 0.15) is 5.75 Å². The summed E-state index contributed by atoms with van der Waals surface area (Å²) in [5.41, 5.74) is 1.36. The van der Waals surface area contributed by atoms with E-state index in [1.807, 2.05) is 12.1 Å². The van der Waals surface area contributed by atoms with Crippen LogP contribution in [0.3, 0.4) is 0 Å². The van der Waals surface area contributed by atoms with Crippen LogP contribution in [-0.4, -0.2) is 19.8 Å². The Bertz CT molecular complexity index is 288. The Morgan fingerprint density at radius 2 is 2.07 bits per heavy atom. The highest BCUT2D eigenvalue weighted by molar-refractivity contribution is 5.27. The summed E-state index contributed by atoms with van der Waals surface area (Å²) in [6, 6.07) is 8.26. The summed E-state index contributed by atoms with van der Waals surface area (Å²) in [7, 11) is 1.69. The molecule has 1 aromatic rings. The molecule has 0 bridgehead atoms. The lowest BCUT2D eigenvalue weighted by molar-refractivity contribution is 0.341. The molecule has 1 heterocycles. The average Bonchev–Trinajstić information content (AvgIpc) is 3.02. The van der Waals surface area contributed by atoms with Crippen molar-refractivity contribution in [2.45, 2.75) is 19.4 Å². The van der Waals surface area contributed by atoms with Gasteiger partial charge < -0.3 is 9.47 Å². The summed E-state index contributed by atoms with van der Waals surface area (Å²) in [5, 5.41) is 0. The van der Waals surface area contributed by atoms with E-state index >= 15 is 0 Å². The van der Waals surface area contributed by atoms with Gasteiger partial charge in [0.05, 0.1) is 19.8 Å². The molecule has 2 atom stereocenters. The smallest absolute Gasteiger partial charge is 0.118 e. The molecular formula is C12H16O2. The molecule has 0 unspecified atom stereocenters. The largest absolute Gasteiger partial charge is 0.497 e. The van der Waals surface area contributed by atoms with Crippen molar-refractivity contribution in [3.63, 3.8) is 0 Å². The molecule has 0 radical (unpaired) electrons. The van der Waals surface area contributed by atoms with E-state index in [1.54, 1.807) is 7.11 Å². The Balaban J connectivity index is 1.95. The average molecular weight is 192 g/mol. The number of benzene rings is 1. The quantitative estimate of drug-likeness (QED) is 0.683. The molecule has 2 rings (SSSR count). The highest BCUT2D eigenvalue weighted by atomic mass is 16.6. The number of hydrogen-bond acceptors (Lipinski definition) is 2. The van der Waals surface area contributed by atoms with Gasteiger partial charge in [-0.3, -0.25) is 0 Å². The predicted molar refractivity (Wildman–Crippen MR) is 55.6 cm³/mol. The highest BCUT2D eigenvalue weighted by Crippen LogP contribution is 2.24. The van der Waals surface area contributed by atoms with Gasteiger partial charge in [-0.15, -0.1) is 0 Å². The van der Waals surface area contributed by atoms with Gasteiger partial charge >= 0.3 is 0 Å². The third-order valence-electron chi connectivity index (χ3n) is 2.71. The monoisotopic (exact) mass is 192 g/mol. The summed E-state index contributed by atoms with van der Waals surface area (Å²) in [6.07, 6.45) is 1.59. The van der Waals surface area contributed by atoms with E-state index in [-0.39, 0.29) is 0 Å². The van der Waals surface area contributed by atoms with Gasteiger partial charge in [0, 0.05) is 0 Å². The molecule has 1 fully saturated rings. The van der Waals surface area contributed by atoms with Crippen LogP contribution in [0.15, 0.2) is 24.3 Å². The lowest BCUT2D eigenvalue weighted by Gasteiger charge is -2.08. The van der Waals surface area contributed by atoms with Crippen LogP contribution >= 0.6 is 0 Å². The first-order valence-corrected chi connectivity index (χ1v) is 5.04. The Morgan fingerprint density at radius 1 is 1.43 bits per heavy atom. The lowest BCUT2D eigenvalue weighted by atomic mass is 9.98. The minimum Gasteiger partial charge on any atom is -0.497 e. The number of epoxide rings is 1. The predicted octanol–water partition coefficient (Wildman–Crippen LogP) is 2.27. The van der Waals surface area contributed by atoms with Crippen molar-refractivity contribution in [2.75, 3.05) is 13.7 Å². The Morgan fingerprint density at radius 3 is 2.57 bits per heavy atom. The molecule has 2 nitrogen and oxygen atoms in total. The summed E-state index contributed by atoms with van der Waals surface area (Å²) in [4.78, 5) is 0. The fourth-order valence-electron chi connectivity index (χ4n) is 1.65. The Labute approximate surface area is 84.8 Å². The molecule has 0 saturated carbocycles. The molecule has 0 N–H and O–H groups in total. The third kappa shape index (κ3) is 2.26. The van der Waals surface area contributed by atoms with Crippen molar-refractivity contribution in [3.05, 3.63) is 29.8 Å². The van der Waals surface area contributed by atoms with Crippen molar-refractivity contribution in [1.82, 2.24) is 0 Å². The summed E-state index contributed by atoms with van der Waals surface area (Å²) < 4.78 is 10.4. The van der Waals surface area contributed by atoms with Gasteiger partial charge in [-0.1, -0.05) is 19.1 Å². The van der Waals surface area contributed by atoms with Gasteiger partial charge in [0.2, 0.25) is 0 Å². The third-order valence-corrected chi connectivity index (χ3v) is 2.71. The second kappa shape index (κ2) is 4.01. The van der Waals surface area contributed by atoms with E-state index in [1.165, 1.54) is 5.56 Å². The summed E-state index contributed by atoms with van der Waals surface area (Å²) >= 11 is 0. The van der Waals surface area contributed by atoms with Crippen molar-refractivity contribution >= 4 is 0 Å². The standard InChI is InChI=1S/C12H16O2/c1-9(12-8-14-12)7-10-3-5-11(13-2)6-4-10/h3-6,9,12H,7-8H2,1-2H3/t9-,12-/m0/s1. The van der Waals surface area contributed by atoms with Crippen LogP contribution in [0.1, 0.15) is 12.5 Å². The highest BCUT2D eigenvalue weighted by Gasteiger charge is 2.29. The van der Waals surface area contributed by atoms with Crippen LogP contribution in [0.5, 0.6) is 5.75 Å². The number of rotatable bonds is 4. The van der Waals surface area contributed by atoms with Crippen LogP contribution in [-0.2, 0) is 11.2 Å². The summed E-state index contributed by atoms with van der Waals surface area (Å²) in [5.74, 6) is 1.55. The second-order valence-electron chi connectivity index (χ2n) is 3.90. The van der Waals surface area contributed by atoms with Crippen LogP contribution in [0.25, 0.3) is 0 Å². The van der Waals surface area contributed by atoms with E-state index in [9.17, 15) is 0 Å². The fourth-order valence-corrected chi connectivity index (χ4v) is 1.65. The molecule has 2 heteroatoms. The molecule has 1 saturated heterocycles. The molecule has 14 heavy (non-hydrogen) atoms. The Hall–Kier alpha value is -1.02. The van der Waals surface area contributed by atoms with Crippen molar-refractivity contribution in [1.29, 1.82) is 0 Å². The zero-order valence-corrected chi connectivity index (χ0v) is 8.69. The Kier molecular flexibility index (Phi) is 2.73. The van der Waals surface area contributed by atoms with Crippen molar-refractivity contribution < 1.29 is 9.47 Å². The van der Waals surface area contributed by atoms with Gasteiger partial charge in [-0.25, -0.2) is 0 Å². The van der Waals surface area contributed by atoms with Gasteiger partial charge in [-0.2, -0.15) is 0 Å². The van der Waals surface area contributed by atoms with Gasteiger partial charge in [-0.05, 0) is 30.0 Å². The fraction of sp³-hybridized carbons (Fsp3) is 0.500. The second-order valence-corrected chi connectivity index (χ2v) is 3.90. The first kappa shape index (κ1) is 9.53. The van der Waals surface area contributed by atoms with E-state index in [4.69, 9.17) is 9.47 Å². The van der Waals surface area contributed by atoms with Crippen LogP contribution in [0.2, 0.25) is 0 Å². The van der Waals surface area contributed by atoms with Crippen molar-refractivity contribution in [2.24, 2.45) is 5.92 Å². The number of methoxy groups -OCH3 is 1. The first-order valence-electron chi connectivity index (χ1n) is 5.04. The molecular weight excluding hydrogens is 176 g/mol. The molecule has 0 aromatic heterocycles. The van der Waals surface area contributed by atoms with Gasteiger partial charge in [0.15, 0.2) is 0 Å². The molecule has 1 aliphatic rings. The van der Waals surface area contributed by atoms with Crippen LogP contribution in [0, 0.1) is 5.92 Å². The van der Waals surface area contributed by atoms with Gasteiger partial charge in [0.25, 0.3) is 0 Å². The normalized spacial score (nSPS) is 21.7. The number of ether oxygens (including phenoxy) is 2. The lowest BCUT2D eigenvalue weighted by Crippen LogP contribution is -2.06. The van der Waals surface area contributed by atoms with Crippen molar-refractivity contribution in [3.8, 4) is 5.75 Å². The zero-order valence-electron chi connectivity index (χ0n) is 8.69. The SMILES string of the molecule is COc1ccc(C[C@H](C)[C@@H]2CO2)cc1. The topological polar surface area (TPSA) is 21.8 Å². The molecule has 76 valence electrons. The maximum absolute atomic E-state index is 5.26. The minimum atomic E-state index is 0.497. The first-order chi connectivity index (χ1) is 6.79. The van der Waals surface area contributed by atoms with E-state index < -0.39 is 0 Å². The van der Waals surface area contributed by atoms with E-state index in [0.717, 1.165) is 18.8 Å². The van der Waals surface area contributed by atoms with E-state index in [2.05, 4.69) is 19.1 Å². The number of hydrogen-bond donors (Lipinski definition) is 0. The van der Waals surface area contributed by atoms with E-state index in [0.29, 0.717) is 12.0 Å². The molecule has 0 spiro atoms. The maximum Gasteiger partial charge on any atom is 0.118 e. The molecule has 1 aliphatic heterocycles. The van der Waals surface area contributed by atoms with Crippen LogP contribution in [0.4, 0.5) is 0 Å². The zero-order chi connectivity index (χ0) is 9.97. The van der Waals surface area contributed by atoms with Crippen LogP contribution < -0.4 is 4.74 Å². The molecule has 1 aromatic carbocycles. The minimum absolute atomic E-state index is 0.497. The summed E-state index contributed by atoms with van der Waals surface area (Å²) in [6.45, 7) is 3.18. The maximum atomic E-state index is 5.26.